The van der Waals surface area contributed by atoms with Crippen LogP contribution in [0.15, 0.2) is 41.7 Å². The van der Waals surface area contributed by atoms with E-state index >= 15 is 0 Å². The van der Waals surface area contributed by atoms with Gasteiger partial charge in [-0.15, -0.1) is 0 Å². The van der Waals surface area contributed by atoms with Gasteiger partial charge in [0.1, 0.15) is 17.8 Å². The summed E-state index contributed by atoms with van der Waals surface area (Å²) in [5.41, 5.74) is 11.7. The molecule has 0 saturated carbocycles. The number of rotatable bonds is 5. The summed E-state index contributed by atoms with van der Waals surface area (Å²) in [6, 6.07) is 4.08. The lowest BCUT2D eigenvalue weighted by molar-refractivity contribution is -0.521. The van der Waals surface area contributed by atoms with Gasteiger partial charge >= 0.3 is 5.96 Å². The number of nitrogens with one attached hydrogen (secondary N) is 4. The molecule has 5 heterocycles. The number of carbonyl (C=O) groups excluding carboxylic acids is 2. The van der Waals surface area contributed by atoms with E-state index in [1.807, 2.05) is 6.07 Å². The SMILES string of the molecule is CC1(C)CCOc2c(C(=O)NC3CN4C(N)=N[C@@H](CNC(=O)c5ncccn5)[C@@H]5[NH+]=C(N)N[C@@]54C3(O)O)cccc21. The third-order valence-corrected chi connectivity index (χ3v) is 8.39. The van der Waals surface area contributed by atoms with E-state index in [-0.39, 0.29) is 36.2 Å². The highest BCUT2D eigenvalue weighted by molar-refractivity contribution is 5.98. The summed E-state index contributed by atoms with van der Waals surface area (Å²) >= 11 is 0. The van der Waals surface area contributed by atoms with Gasteiger partial charge in [0.2, 0.25) is 11.6 Å². The average molecular weight is 566 g/mol. The molecule has 1 unspecified atom stereocenters. The zero-order chi connectivity index (χ0) is 29.2. The third kappa shape index (κ3) is 4.02. The molecule has 4 atom stereocenters. The van der Waals surface area contributed by atoms with E-state index in [4.69, 9.17) is 16.2 Å². The molecule has 1 spiro atoms. The Kier molecular flexibility index (Phi) is 6.04. The number of aromatic nitrogens is 2. The van der Waals surface area contributed by atoms with Crippen LogP contribution >= 0.6 is 0 Å². The van der Waals surface area contributed by atoms with Crippen LogP contribution in [0.3, 0.4) is 0 Å². The highest BCUT2D eigenvalue weighted by atomic mass is 16.5. The fourth-order valence-corrected chi connectivity index (χ4v) is 6.21. The van der Waals surface area contributed by atoms with Gasteiger partial charge in [0.05, 0.1) is 18.7 Å². The number of hydrogen-bond acceptors (Lipinski definition) is 12. The molecule has 4 aliphatic heterocycles. The van der Waals surface area contributed by atoms with Gasteiger partial charge in [-0.05, 0) is 24.0 Å². The van der Waals surface area contributed by atoms with Crippen molar-refractivity contribution in [1.82, 2.24) is 30.8 Å². The Hall–Kier alpha value is -4.50. The first-order chi connectivity index (χ1) is 19.5. The third-order valence-electron chi connectivity index (χ3n) is 8.39. The molecule has 4 aliphatic rings. The van der Waals surface area contributed by atoms with Gasteiger partial charge in [0.25, 0.3) is 17.5 Å². The topological polar surface area (TPSA) is 227 Å². The Labute approximate surface area is 235 Å². The van der Waals surface area contributed by atoms with Crippen molar-refractivity contribution >= 4 is 23.7 Å². The summed E-state index contributed by atoms with van der Waals surface area (Å²) in [7, 11) is 0. The quantitative estimate of drug-likeness (QED) is 0.162. The molecule has 15 heteroatoms. The molecular weight excluding hydrogens is 532 g/mol. The highest BCUT2D eigenvalue weighted by Crippen LogP contribution is 2.43. The first-order valence-corrected chi connectivity index (χ1v) is 13.3. The molecule has 2 aromatic rings. The van der Waals surface area contributed by atoms with E-state index in [2.05, 4.69) is 49.8 Å². The minimum atomic E-state index is -2.60. The summed E-state index contributed by atoms with van der Waals surface area (Å²) in [5, 5.41) is 31.9. The van der Waals surface area contributed by atoms with Gasteiger partial charge in [0, 0.05) is 24.5 Å². The van der Waals surface area contributed by atoms with Crippen molar-refractivity contribution in [2.45, 2.75) is 55.3 Å². The molecule has 15 nitrogen and oxygen atoms in total. The lowest BCUT2D eigenvalue weighted by atomic mass is 9.79. The van der Waals surface area contributed by atoms with Gasteiger partial charge in [-0.3, -0.25) is 25.2 Å². The van der Waals surface area contributed by atoms with E-state index < -0.39 is 41.4 Å². The first-order valence-electron chi connectivity index (χ1n) is 13.3. The first kappa shape index (κ1) is 26.7. The van der Waals surface area contributed by atoms with Crippen molar-refractivity contribution in [3.63, 3.8) is 0 Å². The average Bonchev–Trinajstić information content (AvgIpc) is 3.41. The number of aliphatic imine (C=N–C) groups is 1. The molecule has 1 aromatic carbocycles. The van der Waals surface area contributed by atoms with Crippen LogP contribution in [0.1, 0.15) is 46.8 Å². The lowest BCUT2D eigenvalue weighted by Gasteiger charge is -2.46. The van der Waals surface area contributed by atoms with Crippen molar-refractivity contribution in [2.24, 2.45) is 16.5 Å². The van der Waals surface area contributed by atoms with Crippen LogP contribution < -0.4 is 37.1 Å². The zero-order valence-corrected chi connectivity index (χ0v) is 22.6. The molecule has 6 rings (SSSR count). The summed E-state index contributed by atoms with van der Waals surface area (Å²) in [5.74, 6) is -3.18. The number of para-hydroxylation sites is 1. The van der Waals surface area contributed by atoms with E-state index in [1.165, 1.54) is 17.3 Å². The van der Waals surface area contributed by atoms with Crippen LogP contribution in [0.2, 0.25) is 0 Å². The standard InChI is InChI=1S/C26H32N10O5/c1-24(2)7-10-41-17-13(5-3-6-14(17)24)20(37)33-16-12-36-23(28)32-15(11-31-21(38)19-29-8-4-9-30-19)18-25(36,26(16,39)40)35-22(27)34-18/h3-6,8-9,15-16,18,39-40H,7,10-12H2,1-2H3,(H2,28,32)(H,31,38)(H,33,37)(H3,27,34,35)/p+1/t15-,16?,18-,25-/m0/s1. The maximum absolute atomic E-state index is 13.6. The van der Waals surface area contributed by atoms with Crippen LogP contribution in [-0.2, 0) is 5.41 Å². The number of ether oxygens (including phenoxy) is 1. The Morgan fingerprint density at radius 2 is 1.95 bits per heavy atom. The van der Waals surface area contributed by atoms with E-state index in [1.54, 1.807) is 18.2 Å². The van der Waals surface area contributed by atoms with Crippen molar-refractivity contribution < 1.29 is 29.5 Å². The molecule has 1 saturated heterocycles. The predicted molar refractivity (Wildman–Crippen MR) is 144 cm³/mol. The Balaban J connectivity index is 1.27. The molecule has 216 valence electrons. The second-order valence-corrected chi connectivity index (χ2v) is 11.3. The number of carbonyl (C=O) groups is 2. The normalized spacial score (nSPS) is 28.6. The Morgan fingerprint density at radius 3 is 2.71 bits per heavy atom. The monoisotopic (exact) mass is 565 g/mol. The number of fused-ring (bicyclic) bond motifs is 1. The molecule has 0 bridgehead atoms. The van der Waals surface area contributed by atoms with E-state index in [9.17, 15) is 19.8 Å². The molecule has 1 fully saturated rings. The second kappa shape index (κ2) is 9.27. The molecule has 41 heavy (non-hydrogen) atoms. The molecule has 2 amide bonds. The van der Waals surface area contributed by atoms with Crippen LogP contribution in [0, 0.1) is 0 Å². The number of aliphatic hydroxyl groups is 2. The van der Waals surface area contributed by atoms with Crippen molar-refractivity contribution in [2.75, 3.05) is 19.7 Å². The maximum atomic E-state index is 13.6. The highest BCUT2D eigenvalue weighted by Gasteiger charge is 2.76. The Bertz CT molecular complexity index is 1460. The predicted octanol–water partition coefficient (Wildman–Crippen LogP) is -4.18. The molecular formula is C26H33N10O5+. The largest absolute Gasteiger partial charge is 0.492 e. The zero-order valence-electron chi connectivity index (χ0n) is 22.6. The minimum Gasteiger partial charge on any atom is -0.492 e. The summed E-state index contributed by atoms with van der Waals surface area (Å²) in [4.78, 5) is 43.0. The summed E-state index contributed by atoms with van der Waals surface area (Å²) in [6.45, 7) is 4.50. The van der Waals surface area contributed by atoms with Crippen molar-refractivity contribution in [3.05, 3.63) is 53.6 Å². The molecule has 1 aromatic heterocycles. The van der Waals surface area contributed by atoms with Crippen LogP contribution in [-0.4, -0.2) is 98.1 Å². The second-order valence-electron chi connectivity index (χ2n) is 11.3. The summed E-state index contributed by atoms with van der Waals surface area (Å²) in [6.07, 6.45) is 3.69. The number of guanidine groups is 2. The number of amides is 2. The van der Waals surface area contributed by atoms with Crippen LogP contribution in [0.4, 0.5) is 0 Å². The lowest BCUT2D eigenvalue weighted by Crippen LogP contribution is -2.90. The van der Waals surface area contributed by atoms with Gasteiger partial charge in [-0.1, -0.05) is 26.0 Å². The van der Waals surface area contributed by atoms with Crippen LogP contribution in [0.5, 0.6) is 5.75 Å². The smallest absolute Gasteiger partial charge is 0.343 e. The molecule has 0 radical (unpaired) electrons. The number of hydrogen-bond donors (Lipinski definition) is 8. The van der Waals surface area contributed by atoms with Crippen LogP contribution in [0.25, 0.3) is 0 Å². The fourth-order valence-electron chi connectivity index (χ4n) is 6.21. The van der Waals surface area contributed by atoms with Gasteiger partial charge in [-0.25, -0.2) is 20.3 Å². The van der Waals surface area contributed by atoms with Gasteiger partial charge in [0.15, 0.2) is 12.0 Å². The number of nitrogens with two attached hydrogens (primary N) is 2. The van der Waals surface area contributed by atoms with Gasteiger partial charge in [-0.2, -0.15) is 0 Å². The molecule has 0 aliphatic carbocycles. The fraction of sp³-hybridized carbons (Fsp3) is 0.462. The maximum Gasteiger partial charge on any atom is 0.343 e. The minimum absolute atomic E-state index is 0.0214. The number of nitrogens with zero attached hydrogens (tertiary/aromatic N) is 4. The van der Waals surface area contributed by atoms with E-state index in [0.29, 0.717) is 17.9 Å². The van der Waals surface area contributed by atoms with Crippen molar-refractivity contribution in [3.8, 4) is 5.75 Å². The van der Waals surface area contributed by atoms with E-state index in [0.717, 1.165) is 12.0 Å². The molecule has 10 N–H and O–H groups in total. The van der Waals surface area contributed by atoms with Gasteiger partial charge < -0.3 is 31.3 Å². The number of benzene rings is 1. The van der Waals surface area contributed by atoms with Crippen molar-refractivity contribution in [1.29, 1.82) is 0 Å². The Morgan fingerprint density at radius 1 is 1.20 bits per heavy atom. The summed E-state index contributed by atoms with van der Waals surface area (Å²) < 4.78 is 5.89.